The first kappa shape index (κ1) is 10.9. The van der Waals surface area contributed by atoms with Crippen molar-refractivity contribution in [2.45, 2.75) is 0 Å². The highest BCUT2D eigenvalue weighted by molar-refractivity contribution is 9.10. The van der Waals surface area contributed by atoms with Gasteiger partial charge in [-0.3, -0.25) is 0 Å². The molecule has 76 valence electrons. The second-order valence-electron chi connectivity index (χ2n) is 2.87. The highest BCUT2D eigenvalue weighted by atomic mass is 79.9. The van der Waals surface area contributed by atoms with E-state index in [2.05, 4.69) is 26.1 Å². The third-order valence-electron chi connectivity index (χ3n) is 1.84. The van der Waals surface area contributed by atoms with E-state index in [1.165, 1.54) is 0 Å². The van der Waals surface area contributed by atoms with E-state index in [1.807, 2.05) is 18.2 Å². The summed E-state index contributed by atoms with van der Waals surface area (Å²) in [5.41, 5.74) is 1.54. The van der Waals surface area contributed by atoms with E-state index in [1.54, 1.807) is 12.1 Å². The fourth-order valence-corrected chi connectivity index (χ4v) is 2.03. The van der Waals surface area contributed by atoms with Gasteiger partial charge in [-0.25, -0.2) is 0 Å². The van der Waals surface area contributed by atoms with E-state index >= 15 is 0 Å². The molecule has 1 aromatic carbocycles. The largest absolute Gasteiger partial charge is 0.151 e. The highest BCUT2D eigenvalue weighted by Gasteiger charge is 2.05. The molecule has 0 aliphatic rings. The van der Waals surface area contributed by atoms with E-state index in [9.17, 15) is 0 Å². The molecule has 0 saturated carbocycles. The fourth-order valence-electron chi connectivity index (χ4n) is 1.16. The fraction of sp³-hybridized carbons (Fsp3) is 0. The highest BCUT2D eigenvalue weighted by Crippen LogP contribution is 2.28. The lowest BCUT2D eigenvalue weighted by molar-refractivity contribution is 1.04. The van der Waals surface area contributed by atoms with Crippen LogP contribution in [-0.4, -0.2) is 10.2 Å². The zero-order chi connectivity index (χ0) is 10.8. The zero-order valence-corrected chi connectivity index (χ0v) is 10.5. The Balaban J connectivity index is 2.49. The number of halogens is 3. The molecule has 0 aliphatic heterocycles. The van der Waals surface area contributed by atoms with E-state index < -0.39 is 0 Å². The van der Waals surface area contributed by atoms with Crippen LogP contribution >= 0.6 is 39.1 Å². The summed E-state index contributed by atoms with van der Waals surface area (Å²) in [6, 6.07) is 9.06. The van der Waals surface area contributed by atoms with Crippen LogP contribution in [-0.2, 0) is 0 Å². The Labute approximate surface area is 105 Å². The summed E-state index contributed by atoms with van der Waals surface area (Å²) in [4.78, 5) is 0. The van der Waals surface area contributed by atoms with Gasteiger partial charge in [0.1, 0.15) is 0 Å². The second kappa shape index (κ2) is 4.47. The summed E-state index contributed by atoms with van der Waals surface area (Å²) in [5, 5.41) is 8.71. The van der Waals surface area contributed by atoms with Crippen molar-refractivity contribution in [2.75, 3.05) is 0 Å². The molecule has 0 bridgehead atoms. The average molecular weight is 304 g/mol. The normalized spacial score (nSPS) is 10.3. The summed E-state index contributed by atoms with van der Waals surface area (Å²) in [5.74, 6) is 0. The molecule has 2 aromatic rings. The van der Waals surface area contributed by atoms with Crippen LogP contribution in [0.25, 0.3) is 11.3 Å². The van der Waals surface area contributed by atoms with Crippen LogP contribution in [0.3, 0.4) is 0 Å². The molecular formula is C10H5BrCl2N2. The molecule has 0 radical (unpaired) electrons. The number of rotatable bonds is 1. The van der Waals surface area contributed by atoms with Gasteiger partial charge in [0.05, 0.1) is 10.7 Å². The quantitative estimate of drug-likeness (QED) is 0.788. The van der Waals surface area contributed by atoms with Crippen molar-refractivity contribution in [1.82, 2.24) is 10.2 Å². The summed E-state index contributed by atoms with van der Waals surface area (Å²) in [6.45, 7) is 0. The average Bonchev–Trinajstić information content (AvgIpc) is 2.20. The van der Waals surface area contributed by atoms with E-state index in [4.69, 9.17) is 23.2 Å². The van der Waals surface area contributed by atoms with Gasteiger partial charge in [-0.05, 0) is 24.3 Å². The van der Waals surface area contributed by atoms with Crippen molar-refractivity contribution >= 4 is 39.1 Å². The van der Waals surface area contributed by atoms with Gasteiger partial charge in [-0.1, -0.05) is 45.2 Å². The monoisotopic (exact) mass is 302 g/mol. The van der Waals surface area contributed by atoms with Crippen LogP contribution in [0.2, 0.25) is 10.2 Å². The van der Waals surface area contributed by atoms with Crippen molar-refractivity contribution in [2.24, 2.45) is 0 Å². The van der Waals surface area contributed by atoms with Crippen LogP contribution in [0.1, 0.15) is 0 Å². The van der Waals surface area contributed by atoms with Gasteiger partial charge in [-0.2, -0.15) is 0 Å². The van der Waals surface area contributed by atoms with Gasteiger partial charge in [0.25, 0.3) is 0 Å². The summed E-state index contributed by atoms with van der Waals surface area (Å²) >= 11 is 15.1. The van der Waals surface area contributed by atoms with Crippen molar-refractivity contribution in [1.29, 1.82) is 0 Å². The van der Waals surface area contributed by atoms with Crippen LogP contribution in [0.4, 0.5) is 0 Å². The maximum Gasteiger partial charge on any atom is 0.151 e. The number of aromatic nitrogens is 2. The Bertz CT molecular complexity index is 485. The predicted octanol–water partition coefficient (Wildman–Crippen LogP) is 4.21. The topological polar surface area (TPSA) is 25.8 Å². The number of benzene rings is 1. The molecule has 0 atom stereocenters. The maximum absolute atomic E-state index is 6.07. The minimum Gasteiger partial charge on any atom is -0.149 e. The van der Waals surface area contributed by atoms with Gasteiger partial charge < -0.3 is 0 Å². The molecule has 1 heterocycles. The third-order valence-corrected chi connectivity index (χ3v) is 2.85. The summed E-state index contributed by atoms with van der Waals surface area (Å²) in [6.07, 6.45) is 0. The summed E-state index contributed by atoms with van der Waals surface area (Å²) in [7, 11) is 0. The Kier molecular flexibility index (Phi) is 3.24. The Morgan fingerprint density at radius 3 is 2.40 bits per heavy atom. The van der Waals surface area contributed by atoms with Crippen LogP contribution in [0.15, 0.2) is 34.8 Å². The molecule has 0 fully saturated rings. The van der Waals surface area contributed by atoms with Crippen LogP contribution < -0.4 is 0 Å². The second-order valence-corrected chi connectivity index (χ2v) is 4.58. The standard InChI is InChI=1S/C10H5BrCl2N2/c11-6-1-2-7(8(12)5-6)9-3-4-10(13)15-14-9/h1-5H. The molecule has 0 unspecified atom stereocenters. The lowest BCUT2D eigenvalue weighted by Crippen LogP contribution is -1.88. The molecule has 5 heteroatoms. The molecular weight excluding hydrogens is 299 g/mol. The van der Waals surface area contributed by atoms with E-state index in [0.29, 0.717) is 15.9 Å². The minimum atomic E-state index is 0.368. The van der Waals surface area contributed by atoms with E-state index in [-0.39, 0.29) is 0 Å². The first-order chi connectivity index (χ1) is 7.16. The first-order valence-electron chi connectivity index (χ1n) is 4.11. The van der Waals surface area contributed by atoms with Crippen LogP contribution in [0, 0.1) is 0 Å². The maximum atomic E-state index is 6.07. The molecule has 0 N–H and O–H groups in total. The molecule has 0 spiro atoms. The minimum absolute atomic E-state index is 0.368. The molecule has 0 saturated heterocycles. The molecule has 1 aromatic heterocycles. The van der Waals surface area contributed by atoms with Crippen molar-refractivity contribution in [3.63, 3.8) is 0 Å². The third kappa shape index (κ3) is 2.48. The SMILES string of the molecule is Clc1ccc(-c2ccc(Br)cc2Cl)nn1. The van der Waals surface area contributed by atoms with Gasteiger partial charge in [-0.15, -0.1) is 10.2 Å². The van der Waals surface area contributed by atoms with Gasteiger partial charge >= 0.3 is 0 Å². The molecule has 2 nitrogen and oxygen atoms in total. The zero-order valence-electron chi connectivity index (χ0n) is 7.42. The Morgan fingerprint density at radius 2 is 1.80 bits per heavy atom. The smallest absolute Gasteiger partial charge is 0.149 e. The predicted molar refractivity (Wildman–Crippen MR) is 65.2 cm³/mol. The van der Waals surface area contributed by atoms with Crippen LogP contribution in [0.5, 0.6) is 0 Å². The Morgan fingerprint density at radius 1 is 1.00 bits per heavy atom. The van der Waals surface area contributed by atoms with Gasteiger partial charge in [0, 0.05) is 10.0 Å². The summed E-state index contributed by atoms with van der Waals surface area (Å²) < 4.78 is 0.929. The molecule has 2 rings (SSSR count). The molecule has 0 amide bonds. The molecule has 0 aliphatic carbocycles. The van der Waals surface area contributed by atoms with Crippen molar-refractivity contribution in [3.05, 3.63) is 45.0 Å². The van der Waals surface area contributed by atoms with Gasteiger partial charge in [0.15, 0.2) is 5.15 Å². The van der Waals surface area contributed by atoms with Crippen molar-refractivity contribution in [3.8, 4) is 11.3 Å². The lowest BCUT2D eigenvalue weighted by atomic mass is 10.1. The van der Waals surface area contributed by atoms with Crippen molar-refractivity contribution < 1.29 is 0 Å². The lowest BCUT2D eigenvalue weighted by Gasteiger charge is -2.02. The first-order valence-corrected chi connectivity index (χ1v) is 5.66. The number of hydrogen-bond donors (Lipinski definition) is 0. The van der Waals surface area contributed by atoms with Gasteiger partial charge in [0.2, 0.25) is 0 Å². The molecule has 15 heavy (non-hydrogen) atoms. The number of hydrogen-bond acceptors (Lipinski definition) is 2. The number of nitrogens with zero attached hydrogens (tertiary/aromatic N) is 2. The van der Waals surface area contributed by atoms with E-state index in [0.717, 1.165) is 10.0 Å². The Hall–Kier alpha value is -0.640.